The highest BCUT2D eigenvalue weighted by Crippen LogP contribution is 2.35. The first-order chi connectivity index (χ1) is 10.1. The number of nitrogens with zero attached hydrogens (tertiary/aromatic N) is 1. The molecular weight excluding hydrogens is 292 g/mol. The molecule has 0 saturated heterocycles. The summed E-state index contributed by atoms with van der Waals surface area (Å²) >= 11 is 6.11. The van der Waals surface area contributed by atoms with E-state index >= 15 is 0 Å². The van der Waals surface area contributed by atoms with Crippen molar-refractivity contribution in [1.29, 1.82) is 0 Å². The maximum Gasteiger partial charge on any atom is 0.242 e. The van der Waals surface area contributed by atoms with Crippen LogP contribution in [0.2, 0.25) is 5.02 Å². The molecule has 0 heterocycles. The van der Waals surface area contributed by atoms with Gasteiger partial charge < -0.3 is 19.7 Å². The third kappa shape index (κ3) is 3.73. The molecule has 0 radical (unpaired) electrons. The van der Waals surface area contributed by atoms with Crippen molar-refractivity contribution in [3.05, 3.63) is 17.2 Å². The topological polar surface area (TPSA) is 50.8 Å². The van der Waals surface area contributed by atoms with Crippen molar-refractivity contribution in [3.63, 3.8) is 0 Å². The summed E-state index contributed by atoms with van der Waals surface area (Å²) < 4.78 is 10.4. The van der Waals surface area contributed by atoms with E-state index in [0.29, 0.717) is 28.3 Å². The van der Waals surface area contributed by atoms with E-state index in [9.17, 15) is 4.79 Å². The fraction of sp³-hybridized carbons (Fsp3) is 0.533. The number of halogens is 1. The fourth-order valence-corrected chi connectivity index (χ4v) is 2.54. The number of hydrogen-bond donors (Lipinski definition) is 1. The predicted octanol–water partition coefficient (Wildman–Crippen LogP) is 2.78. The number of carbonyl (C=O) groups excluding carboxylic acids is 1. The van der Waals surface area contributed by atoms with Crippen molar-refractivity contribution in [2.45, 2.75) is 25.8 Å². The second-order valence-corrected chi connectivity index (χ2v) is 5.36. The summed E-state index contributed by atoms with van der Waals surface area (Å²) in [5.74, 6) is 1.23. The van der Waals surface area contributed by atoms with Crippen molar-refractivity contribution >= 4 is 23.2 Å². The van der Waals surface area contributed by atoms with Gasteiger partial charge in [0.05, 0.1) is 31.5 Å². The first-order valence-electron chi connectivity index (χ1n) is 7.05. The second-order valence-electron chi connectivity index (χ2n) is 4.95. The van der Waals surface area contributed by atoms with Crippen LogP contribution in [-0.4, -0.2) is 44.2 Å². The van der Waals surface area contributed by atoms with Gasteiger partial charge in [-0.05, 0) is 25.8 Å². The Kier molecular flexibility index (Phi) is 5.17. The maximum absolute atomic E-state index is 12.2. The maximum atomic E-state index is 12.2. The molecule has 116 valence electrons. The molecule has 1 aromatic carbocycles. The lowest BCUT2D eigenvalue weighted by Gasteiger charge is -2.21. The lowest BCUT2D eigenvalue weighted by molar-refractivity contribution is -0.129. The standard InChI is InChI=1S/C15H21ClN2O3/c1-4-18(10-5-6-10)15(19)9-17-12-7-11(16)13(20-2)8-14(12)21-3/h7-8,10,17H,4-6,9H2,1-3H3. The molecule has 0 spiro atoms. The predicted molar refractivity (Wildman–Crippen MR) is 83.5 cm³/mol. The van der Waals surface area contributed by atoms with Gasteiger partial charge in [0, 0.05) is 18.7 Å². The van der Waals surface area contributed by atoms with Crippen LogP contribution in [0.15, 0.2) is 12.1 Å². The highest BCUT2D eigenvalue weighted by Gasteiger charge is 2.31. The van der Waals surface area contributed by atoms with E-state index in [2.05, 4.69) is 5.32 Å². The molecular formula is C15H21ClN2O3. The third-order valence-corrected chi connectivity index (χ3v) is 3.85. The molecule has 0 bridgehead atoms. The minimum absolute atomic E-state index is 0.0917. The number of carbonyl (C=O) groups is 1. The molecule has 6 heteroatoms. The first-order valence-corrected chi connectivity index (χ1v) is 7.43. The van der Waals surface area contributed by atoms with Crippen LogP contribution in [0.5, 0.6) is 11.5 Å². The Bertz CT molecular complexity index is 518. The number of methoxy groups -OCH3 is 2. The number of likely N-dealkylation sites (N-methyl/N-ethyl adjacent to an activating group) is 1. The van der Waals surface area contributed by atoms with E-state index in [-0.39, 0.29) is 12.5 Å². The van der Waals surface area contributed by atoms with Gasteiger partial charge in [0.25, 0.3) is 0 Å². The molecule has 0 unspecified atom stereocenters. The van der Waals surface area contributed by atoms with E-state index in [1.807, 2.05) is 11.8 Å². The minimum atomic E-state index is 0.0917. The van der Waals surface area contributed by atoms with Crippen molar-refractivity contribution in [2.24, 2.45) is 0 Å². The zero-order chi connectivity index (χ0) is 15.4. The zero-order valence-electron chi connectivity index (χ0n) is 12.6. The molecule has 1 aromatic rings. The first kappa shape index (κ1) is 15.8. The van der Waals surface area contributed by atoms with Gasteiger partial charge in [0.2, 0.25) is 5.91 Å². The smallest absolute Gasteiger partial charge is 0.242 e. The molecule has 1 N–H and O–H groups in total. The van der Waals surface area contributed by atoms with Gasteiger partial charge in [-0.2, -0.15) is 0 Å². The van der Waals surface area contributed by atoms with Crippen molar-refractivity contribution in [3.8, 4) is 11.5 Å². The number of hydrogen-bond acceptors (Lipinski definition) is 4. The summed E-state index contributed by atoms with van der Waals surface area (Å²) in [5.41, 5.74) is 0.684. The molecule has 5 nitrogen and oxygen atoms in total. The summed E-state index contributed by atoms with van der Waals surface area (Å²) in [7, 11) is 3.12. The van der Waals surface area contributed by atoms with E-state index in [1.54, 1.807) is 26.4 Å². The van der Waals surface area contributed by atoms with E-state index < -0.39 is 0 Å². The summed E-state index contributed by atoms with van der Waals surface area (Å²) in [6.45, 7) is 2.97. The fourth-order valence-electron chi connectivity index (χ4n) is 2.29. The molecule has 0 atom stereocenters. The lowest BCUT2D eigenvalue weighted by Crippen LogP contribution is -2.37. The monoisotopic (exact) mass is 312 g/mol. The Labute approximate surface area is 130 Å². The zero-order valence-corrected chi connectivity index (χ0v) is 13.4. The molecule has 0 aliphatic heterocycles. The average Bonchev–Trinajstić information content (AvgIpc) is 3.30. The van der Waals surface area contributed by atoms with Crippen LogP contribution in [0.1, 0.15) is 19.8 Å². The van der Waals surface area contributed by atoms with Gasteiger partial charge in [0.1, 0.15) is 11.5 Å². The van der Waals surface area contributed by atoms with Crippen LogP contribution in [-0.2, 0) is 4.79 Å². The highest BCUT2D eigenvalue weighted by molar-refractivity contribution is 6.32. The number of amides is 1. The average molecular weight is 313 g/mol. The van der Waals surface area contributed by atoms with Crippen LogP contribution in [0, 0.1) is 0 Å². The molecule has 2 rings (SSSR count). The molecule has 1 aliphatic carbocycles. The quantitative estimate of drug-likeness (QED) is 0.841. The van der Waals surface area contributed by atoms with Gasteiger partial charge in [-0.3, -0.25) is 4.79 Å². The molecule has 1 amide bonds. The summed E-state index contributed by atoms with van der Waals surface area (Å²) in [6, 6.07) is 3.83. The molecule has 1 saturated carbocycles. The number of benzene rings is 1. The van der Waals surface area contributed by atoms with Gasteiger partial charge in [-0.25, -0.2) is 0 Å². The Balaban J connectivity index is 2.05. The summed E-state index contributed by atoms with van der Waals surface area (Å²) in [4.78, 5) is 14.1. The van der Waals surface area contributed by atoms with Crippen molar-refractivity contribution in [2.75, 3.05) is 32.6 Å². The lowest BCUT2D eigenvalue weighted by atomic mass is 10.2. The van der Waals surface area contributed by atoms with Crippen LogP contribution in [0.25, 0.3) is 0 Å². The van der Waals surface area contributed by atoms with Gasteiger partial charge in [-0.15, -0.1) is 0 Å². The molecule has 1 aliphatic rings. The summed E-state index contributed by atoms with van der Waals surface area (Å²) in [5, 5.41) is 3.57. The van der Waals surface area contributed by atoms with Crippen molar-refractivity contribution < 1.29 is 14.3 Å². The van der Waals surface area contributed by atoms with Gasteiger partial charge in [-0.1, -0.05) is 11.6 Å². The third-order valence-electron chi connectivity index (χ3n) is 3.55. The van der Waals surface area contributed by atoms with Crippen LogP contribution < -0.4 is 14.8 Å². The number of ether oxygens (including phenoxy) is 2. The largest absolute Gasteiger partial charge is 0.495 e. The van der Waals surface area contributed by atoms with Crippen molar-refractivity contribution in [1.82, 2.24) is 4.90 Å². The molecule has 0 aromatic heterocycles. The molecule has 21 heavy (non-hydrogen) atoms. The Morgan fingerprint density at radius 2 is 2.00 bits per heavy atom. The molecule has 1 fully saturated rings. The Hall–Kier alpha value is -1.62. The van der Waals surface area contributed by atoms with Crippen LogP contribution >= 0.6 is 11.6 Å². The minimum Gasteiger partial charge on any atom is -0.495 e. The van der Waals surface area contributed by atoms with Gasteiger partial charge >= 0.3 is 0 Å². The Morgan fingerprint density at radius 1 is 1.33 bits per heavy atom. The Morgan fingerprint density at radius 3 is 2.52 bits per heavy atom. The van der Waals surface area contributed by atoms with E-state index in [0.717, 1.165) is 19.4 Å². The van der Waals surface area contributed by atoms with Crippen LogP contribution in [0.4, 0.5) is 5.69 Å². The normalized spacial score (nSPS) is 13.7. The SMILES string of the molecule is CCN(C(=O)CNc1cc(Cl)c(OC)cc1OC)C1CC1. The number of anilines is 1. The van der Waals surface area contributed by atoms with Gasteiger partial charge in [0.15, 0.2) is 0 Å². The summed E-state index contributed by atoms with van der Waals surface area (Å²) in [6.07, 6.45) is 2.22. The number of nitrogens with one attached hydrogen (secondary N) is 1. The van der Waals surface area contributed by atoms with E-state index in [4.69, 9.17) is 21.1 Å². The number of rotatable bonds is 7. The van der Waals surface area contributed by atoms with Crippen LogP contribution in [0.3, 0.4) is 0 Å². The highest BCUT2D eigenvalue weighted by atomic mass is 35.5. The van der Waals surface area contributed by atoms with E-state index in [1.165, 1.54) is 0 Å². The second kappa shape index (κ2) is 6.89.